The lowest BCUT2D eigenvalue weighted by molar-refractivity contribution is 0.0477. The van der Waals surface area contributed by atoms with Gasteiger partial charge in [0.05, 0.1) is 11.3 Å². The number of rotatable bonds is 5. The van der Waals surface area contributed by atoms with Crippen LogP contribution in [0.3, 0.4) is 0 Å². The average molecular weight is 399 g/mol. The summed E-state index contributed by atoms with van der Waals surface area (Å²) in [6, 6.07) is 17.2. The van der Waals surface area contributed by atoms with Crippen molar-refractivity contribution in [2.24, 2.45) is 0 Å². The lowest BCUT2D eigenvalue weighted by atomic mass is 9.97. The molecule has 5 nitrogen and oxygen atoms in total. The monoisotopic (exact) mass is 399 g/mol. The number of esters is 1. The topological polar surface area (TPSA) is 76.2 Å². The van der Waals surface area contributed by atoms with Gasteiger partial charge in [-0.1, -0.05) is 48.5 Å². The predicted octanol–water partition coefficient (Wildman–Crippen LogP) is 5.18. The van der Waals surface area contributed by atoms with Gasteiger partial charge in [0.25, 0.3) is 0 Å². The largest absolute Gasteiger partial charge is 0.454 e. The zero-order chi connectivity index (χ0) is 21.4. The van der Waals surface area contributed by atoms with Crippen molar-refractivity contribution in [3.05, 3.63) is 82.7 Å². The number of aromatic amines is 1. The Kier molecular flexibility index (Phi) is 4.96. The maximum absolute atomic E-state index is 13.0. The van der Waals surface area contributed by atoms with E-state index in [1.54, 1.807) is 13.8 Å². The number of hydrogen-bond acceptors (Lipinski definition) is 4. The zero-order valence-corrected chi connectivity index (χ0v) is 17.0. The second kappa shape index (κ2) is 7.59. The number of ketones is 2. The molecule has 0 spiro atoms. The van der Waals surface area contributed by atoms with E-state index in [2.05, 4.69) is 4.98 Å². The summed E-state index contributed by atoms with van der Waals surface area (Å²) in [5, 5.41) is 3.41. The minimum absolute atomic E-state index is 0.112. The van der Waals surface area contributed by atoms with Crippen LogP contribution >= 0.6 is 0 Å². The molecule has 0 radical (unpaired) electrons. The highest BCUT2D eigenvalue weighted by Crippen LogP contribution is 2.29. The number of carbonyl (C=O) groups excluding carboxylic acids is 3. The summed E-state index contributed by atoms with van der Waals surface area (Å²) >= 11 is 0. The molecule has 0 unspecified atom stereocenters. The highest BCUT2D eigenvalue weighted by atomic mass is 16.5. The molecule has 4 aromatic rings. The Morgan fingerprint density at radius 3 is 1.97 bits per heavy atom. The number of Topliss-reactive ketones (excluding diaryl/α,β-unsaturated/α-hetero) is 2. The standard InChI is InChI=1S/C25H21NO4/c1-14-22(16(3)27)15(2)26-24(14)21(28)13-30-25(29)23-19-10-6-4-8-17(19)12-18-9-5-7-11-20(18)23/h4-12,26H,13H2,1-3H3. The molecule has 1 aromatic heterocycles. The van der Waals surface area contributed by atoms with Gasteiger partial charge >= 0.3 is 5.97 Å². The minimum Gasteiger partial charge on any atom is -0.454 e. The molecule has 4 rings (SSSR count). The normalized spacial score (nSPS) is 11.0. The first-order chi connectivity index (χ1) is 14.4. The van der Waals surface area contributed by atoms with Crippen molar-refractivity contribution in [1.29, 1.82) is 0 Å². The molecule has 0 amide bonds. The smallest absolute Gasteiger partial charge is 0.339 e. The fraction of sp³-hybridized carbons (Fsp3) is 0.160. The molecule has 3 aromatic carbocycles. The molecule has 0 aliphatic rings. The first kappa shape index (κ1) is 19.6. The van der Waals surface area contributed by atoms with Crippen molar-refractivity contribution in [2.45, 2.75) is 20.8 Å². The summed E-state index contributed by atoms with van der Waals surface area (Å²) < 4.78 is 5.43. The van der Waals surface area contributed by atoms with Crippen molar-refractivity contribution >= 4 is 39.1 Å². The molecular weight excluding hydrogens is 378 g/mol. The third-order valence-corrected chi connectivity index (χ3v) is 5.38. The van der Waals surface area contributed by atoms with Gasteiger partial charge in [-0.2, -0.15) is 0 Å². The van der Waals surface area contributed by atoms with Crippen LogP contribution in [0.25, 0.3) is 21.5 Å². The molecule has 1 heterocycles. The summed E-state index contributed by atoms with van der Waals surface area (Å²) in [6.45, 7) is 4.51. The van der Waals surface area contributed by atoms with E-state index in [0.29, 0.717) is 28.1 Å². The number of H-pyrrole nitrogens is 1. The Morgan fingerprint density at radius 1 is 0.867 bits per heavy atom. The Balaban J connectivity index is 1.66. The van der Waals surface area contributed by atoms with Crippen LogP contribution in [0.1, 0.15) is 49.4 Å². The van der Waals surface area contributed by atoms with E-state index >= 15 is 0 Å². The minimum atomic E-state index is -0.552. The van der Waals surface area contributed by atoms with E-state index in [0.717, 1.165) is 21.5 Å². The van der Waals surface area contributed by atoms with Crippen molar-refractivity contribution in [2.75, 3.05) is 6.61 Å². The van der Waals surface area contributed by atoms with E-state index in [1.165, 1.54) is 6.92 Å². The van der Waals surface area contributed by atoms with Crippen LogP contribution < -0.4 is 0 Å². The first-order valence-electron chi connectivity index (χ1n) is 9.69. The Bertz CT molecular complexity index is 1280. The first-order valence-corrected chi connectivity index (χ1v) is 9.69. The van der Waals surface area contributed by atoms with Gasteiger partial charge in [0.1, 0.15) is 0 Å². The third kappa shape index (κ3) is 3.28. The molecule has 0 aliphatic carbocycles. The summed E-state index contributed by atoms with van der Waals surface area (Å²) in [5.41, 5.74) is 2.46. The van der Waals surface area contributed by atoms with Gasteiger partial charge in [0, 0.05) is 11.3 Å². The van der Waals surface area contributed by atoms with Gasteiger partial charge in [-0.25, -0.2) is 4.79 Å². The van der Waals surface area contributed by atoms with E-state index in [9.17, 15) is 14.4 Å². The second-order valence-electron chi connectivity index (χ2n) is 7.37. The van der Waals surface area contributed by atoms with Crippen LogP contribution in [0, 0.1) is 13.8 Å². The van der Waals surface area contributed by atoms with Crippen LogP contribution in [0.2, 0.25) is 0 Å². The van der Waals surface area contributed by atoms with Gasteiger partial charge in [-0.05, 0) is 53.9 Å². The van der Waals surface area contributed by atoms with Gasteiger partial charge in [-0.3, -0.25) is 9.59 Å². The van der Waals surface area contributed by atoms with Crippen LogP contribution in [0.4, 0.5) is 0 Å². The Morgan fingerprint density at radius 2 is 1.43 bits per heavy atom. The molecule has 0 atom stereocenters. The maximum atomic E-state index is 13.0. The van der Waals surface area contributed by atoms with Gasteiger partial charge in [0.2, 0.25) is 5.78 Å². The Hall–Kier alpha value is -3.73. The van der Waals surface area contributed by atoms with E-state index in [-0.39, 0.29) is 11.6 Å². The number of fused-ring (bicyclic) bond motifs is 2. The SMILES string of the molecule is CC(=O)c1c(C)[nH]c(C(=O)COC(=O)c2c3ccccc3cc3ccccc23)c1C. The van der Waals surface area contributed by atoms with Gasteiger partial charge in [0.15, 0.2) is 12.4 Å². The lowest BCUT2D eigenvalue weighted by Gasteiger charge is -2.11. The number of aromatic nitrogens is 1. The van der Waals surface area contributed by atoms with Crippen molar-refractivity contribution in [1.82, 2.24) is 4.98 Å². The van der Waals surface area contributed by atoms with E-state index in [1.807, 2.05) is 54.6 Å². The number of nitrogens with one attached hydrogen (secondary N) is 1. The highest BCUT2D eigenvalue weighted by molar-refractivity contribution is 6.17. The second-order valence-corrected chi connectivity index (χ2v) is 7.37. The van der Waals surface area contributed by atoms with Gasteiger partial charge < -0.3 is 9.72 Å². The van der Waals surface area contributed by atoms with Crippen molar-refractivity contribution in [3.8, 4) is 0 Å². The average Bonchev–Trinajstić information content (AvgIpc) is 3.04. The molecule has 0 saturated heterocycles. The fourth-order valence-electron chi connectivity index (χ4n) is 4.07. The summed E-state index contributed by atoms with van der Waals surface area (Å²) in [6.07, 6.45) is 0. The zero-order valence-electron chi connectivity index (χ0n) is 17.0. The maximum Gasteiger partial charge on any atom is 0.339 e. The number of ether oxygens (including phenoxy) is 1. The van der Waals surface area contributed by atoms with Gasteiger partial charge in [-0.15, -0.1) is 0 Å². The molecule has 0 aliphatic heterocycles. The third-order valence-electron chi connectivity index (χ3n) is 5.38. The molecule has 0 bridgehead atoms. The highest BCUT2D eigenvalue weighted by Gasteiger charge is 2.22. The molecule has 30 heavy (non-hydrogen) atoms. The fourth-order valence-corrected chi connectivity index (χ4v) is 4.07. The number of benzene rings is 3. The molecular formula is C25H21NO4. The molecule has 150 valence electrons. The molecule has 5 heteroatoms. The van der Waals surface area contributed by atoms with Crippen molar-refractivity contribution in [3.63, 3.8) is 0 Å². The molecule has 0 saturated carbocycles. The Labute approximate surface area is 173 Å². The lowest BCUT2D eigenvalue weighted by Crippen LogP contribution is -2.16. The molecule has 0 fully saturated rings. The van der Waals surface area contributed by atoms with E-state index in [4.69, 9.17) is 4.74 Å². The summed E-state index contributed by atoms with van der Waals surface area (Å²) in [5.74, 6) is -1.04. The predicted molar refractivity (Wildman–Crippen MR) is 116 cm³/mol. The molecule has 1 N–H and O–H groups in total. The van der Waals surface area contributed by atoms with Crippen LogP contribution in [0.15, 0.2) is 54.6 Å². The summed E-state index contributed by atoms with van der Waals surface area (Å²) in [7, 11) is 0. The van der Waals surface area contributed by atoms with Crippen molar-refractivity contribution < 1.29 is 19.1 Å². The van der Waals surface area contributed by atoms with Crippen LogP contribution in [-0.4, -0.2) is 29.1 Å². The summed E-state index contributed by atoms with van der Waals surface area (Å²) in [4.78, 5) is 40.5. The number of aryl methyl sites for hydroxylation is 1. The number of carbonyl (C=O) groups is 3. The van der Waals surface area contributed by atoms with E-state index < -0.39 is 12.6 Å². The van der Waals surface area contributed by atoms with Crippen LogP contribution in [0.5, 0.6) is 0 Å². The quantitative estimate of drug-likeness (QED) is 0.285. The number of hydrogen-bond donors (Lipinski definition) is 1. The van der Waals surface area contributed by atoms with Crippen LogP contribution in [-0.2, 0) is 4.74 Å².